The third kappa shape index (κ3) is 4.42. The Morgan fingerprint density at radius 1 is 1.25 bits per heavy atom. The molecule has 1 aromatic rings. The molecule has 3 unspecified atom stereocenters. The van der Waals surface area contributed by atoms with E-state index in [1.807, 2.05) is 12.1 Å². The van der Waals surface area contributed by atoms with E-state index in [4.69, 9.17) is 0 Å². The first kappa shape index (κ1) is 15.7. The van der Waals surface area contributed by atoms with E-state index in [-0.39, 0.29) is 0 Å². The Hall–Kier alpha value is -0.670. The highest BCUT2D eigenvalue weighted by atomic mass is 32.2. The molecule has 1 aliphatic carbocycles. The van der Waals surface area contributed by atoms with E-state index in [2.05, 4.69) is 31.3 Å². The Morgan fingerprint density at radius 2 is 2.00 bits per heavy atom. The van der Waals surface area contributed by atoms with Gasteiger partial charge in [0, 0.05) is 16.7 Å². The van der Waals surface area contributed by atoms with Crippen molar-refractivity contribution >= 4 is 10.8 Å². The summed E-state index contributed by atoms with van der Waals surface area (Å²) >= 11 is 0. The first-order valence-corrected chi connectivity index (χ1v) is 9.21. The van der Waals surface area contributed by atoms with Gasteiger partial charge >= 0.3 is 0 Å². The second-order valence-electron chi connectivity index (χ2n) is 5.90. The molecule has 1 saturated carbocycles. The summed E-state index contributed by atoms with van der Waals surface area (Å²) in [5, 5.41) is 3.65. The van der Waals surface area contributed by atoms with Gasteiger partial charge in [-0.25, -0.2) is 0 Å². The van der Waals surface area contributed by atoms with Crippen LogP contribution >= 0.6 is 0 Å². The molecule has 0 bridgehead atoms. The van der Waals surface area contributed by atoms with Gasteiger partial charge in [-0.05, 0) is 57.2 Å². The summed E-state index contributed by atoms with van der Waals surface area (Å²) in [7, 11) is -0.836. The van der Waals surface area contributed by atoms with Crippen molar-refractivity contribution in [3.8, 4) is 0 Å². The number of hydrogen-bond acceptors (Lipinski definition) is 2. The van der Waals surface area contributed by atoms with Crippen LogP contribution in [0.25, 0.3) is 0 Å². The van der Waals surface area contributed by atoms with Crippen molar-refractivity contribution in [2.24, 2.45) is 5.92 Å². The molecule has 20 heavy (non-hydrogen) atoms. The molecule has 1 aromatic carbocycles. The van der Waals surface area contributed by atoms with Crippen molar-refractivity contribution in [3.63, 3.8) is 0 Å². The minimum Gasteiger partial charge on any atom is -0.314 e. The van der Waals surface area contributed by atoms with Crippen LogP contribution in [-0.2, 0) is 10.8 Å². The highest BCUT2D eigenvalue weighted by molar-refractivity contribution is 7.85. The molecule has 0 spiro atoms. The SMILES string of the molecule is CCCNC1CCCC1CCS(=O)c1ccc(C)cc1. The fraction of sp³-hybridized carbons (Fsp3) is 0.647. The van der Waals surface area contributed by atoms with Gasteiger partial charge in [-0.3, -0.25) is 4.21 Å². The maximum atomic E-state index is 12.3. The van der Waals surface area contributed by atoms with Gasteiger partial charge in [-0.15, -0.1) is 0 Å². The van der Waals surface area contributed by atoms with E-state index in [1.54, 1.807) is 0 Å². The maximum absolute atomic E-state index is 12.3. The molecule has 0 heterocycles. The maximum Gasteiger partial charge on any atom is 0.0529 e. The lowest BCUT2D eigenvalue weighted by atomic mass is 10.0. The highest BCUT2D eigenvalue weighted by Gasteiger charge is 2.26. The van der Waals surface area contributed by atoms with Gasteiger partial charge in [-0.1, -0.05) is 31.0 Å². The fourth-order valence-corrected chi connectivity index (χ4v) is 4.24. The average molecular weight is 293 g/mol. The molecule has 1 fully saturated rings. The van der Waals surface area contributed by atoms with Gasteiger partial charge in [0.15, 0.2) is 0 Å². The number of rotatable bonds is 7. The average Bonchev–Trinajstić information content (AvgIpc) is 2.90. The van der Waals surface area contributed by atoms with Gasteiger partial charge in [0.25, 0.3) is 0 Å². The number of aryl methyl sites for hydroxylation is 1. The van der Waals surface area contributed by atoms with Crippen molar-refractivity contribution in [2.75, 3.05) is 12.3 Å². The Bertz CT molecular complexity index is 429. The zero-order valence-corrected chi connectivity index (χ0v) is 13.5. The molecular weight excluding hydrogens is 266 g/mol. The number of hydrogen-bond donors (Lipinski definition) is 1. The molecule has 0 saturated heterocycles. The van der Waals surface area contributed by atoms with E-state index < -0.39 is 10.8 Å². The first-order chi connectivity index (χ1) is 9.70. The Balaban J connectivity index is 1.81. The molecule has 2 nitrogen and oxygen atoms in total. The molecular formula is C17H27NOS. The molecule has 0 radical (unpaired) electrons. The molecule has 2 rings (SSSR count). The van der Waals surface area contributed by atoms with Crippen molar-refractivity contribution in [2.45, 2.75) is 56.9 Å². The zero-order chi connectivity index (χ0) is 14.4. The van der Waals surface area contributed by atoms with E-state index in [0.717, 1.165) is 29.5 Å². The van der Waals surface area contributed by atoms with Crippen molar-refractivity contribution in [3.05, 3.63) is 29.8 Å². The number of benzene rings is 1. The second kappa shape index (κ2) is 7.94. The van der Waals surface area contributed by atoms with Gasteiger partial charge in [-0.2, -0.15) is 0 Å². The lowest BCUT2D eigenvalue weighted by Crippen LogP contribution is -2.33. The molecule has 1 N–H and O–H groups in total. The Kier molecular flexibility index (Phi) is 6.24. The van der Waals surface area contributed by atoms with E-state index in [1.165, 1.54) is 31.2 Å². The van der Waals surface area contributed by atoms with Crippen molar-refractivity contribution < 1.29 is 4.21 Å². The Morgan fingerprint density at radius 3 is 2.70 bits per heavy atom. The van der Waals surface area contributed by atoms with Crippen LogP contribution < -0.4 is 5.32 Å². The summed E-state index contributed by atoms with van der Waals surface area (Å²) in [6.45, 7) is 5.39. The summed E-state index contributed by atoms with van der Waals surface area (Å²) in [5.74, 6) is 1.52. The van der Waals surface area contributed by atoms with Crippen LogP contribution in [0.2, 0.25) is 0 Å². The van der Waals surface area contributed by atoms with Crippen LogP contribution in [0.5, 0.6) is 0 Å². The predicted octanol–water partition coefficient (Wildman–Crippen LogP) is 3.66. The van der Waals surface area contributed by atoms with Crippen LogP contribution in [0.3, 0.4) is 0 Å². The smallest absolute Gasteiger partial charge is 0.0529 e. The molecule has 3 heteroatoms. The molecule has 1 aliphatic rings. The van der Waals surface area contributed by atoms with Crippen LogP contribution in [0.15, 0.2) is 29.2 Å². The zero-order valence-electron chi connectivity index (χ0n) is 12.7. The number of nitrogens with one attached hydrogen (secondary N) is 1. The largest absolute Gasteiger partial charge is 0.314 e. The molecule has 3 atom stereocenters. The molecule has 0 aromatic heterocycles. The van der Waals surface area contributed by atoms with Gasteiger partial charge in [0.1, 0.15) is 0 Å². The van der Waals surface area contributed by atoms with E-state index >= 15 is 0 Å². The van der Waals surface area contributed by atoms with Crippen LogP contribution in [-0.4, -0.2) is 22.5 Å². The minimum atomic E-state index is -0.836. The van der Waals surface area contributed by atoms with Crippen LogP contribution in [0, 0.1) is 12.8 Å². The third-order valence-electron chi connectivity index (χ3n) is 4.27. The summed E-state index contributed by atoms with van der Waals surface area (Å²) < 4.78 is 12.3. The first-order valence-electron chi connectivity index (χ1n) is 7.89. The molecule has 0 aliphatic heterocycles. The quantitative estimate of drug-likeness (QED) is 0.831. The van der Waals surface area contributed by atoms with Gasteiger partial charge < -0.3 is 5.32 Å². The summed E-state index contributed by atoms with van der Waals surface area (Å²) in [6, 6.07) is 8.77. The van der Waals surface area contributed by atoms with Gasteiger partial charge in [0.2, 0.25) is 0 Å². The normalized spacial score (nSPS) is 23.9. The van der Waals surface area contributed by atoms with Crippen molar-refractivity contribution in [1.29, 1.82) is 0 Å². The monoisotopic (exact) mass is 293 g/mol. The van der Waals surface area contributed by atoms with E-state index in [9.17, 15) is 4.21 Å². The molecule has 112 valence electrons. The summed E-state index contributed by atoms with van der Waals surface area (Å²) in [4.78, 5) is 0.978. The third-order valence-corrected chi connectivity index (χ3v) is 5.68. The fourth-order valence-electron chi connectivity index (χ4n) is 3.05. The van der Waals surface area contributed by atoms with Crippen LogP contribution in [0.4, 0.5) is 0 Å². The lowest BCUT2D eigenvalue weighted by molar-refractivity contribution is 0.393. The van der Waals surface area contributed by atoms with E-state index in [0.29, 0.717) is 6.04 Å². The highest BCUT2D eigenvalue weighted by Crippen LogP contribution is 2.29. The Labute approximate surface area is 125 Å². The van der Waals surface area contributed by atoms with Crippen LogP contribution in [0.1, 0.15) is 44.6 Å². The summed E-state index contributed by atoms with van der Waals surface area (Å²) in [6.07, 6.45) is 6.19. The minimum absolute atomic E-state index is 0.657. The standard InChI is InChI=1S/C17H27NOS/c1-3-12-18-17-6-4-5-15(17)11-13-20(19)16-9-7-14(2)8-10-16/h7-10,15,17-18H,3-6,11-13H2,1-2H3. The molecule has 0 amide bonds. The van der Waals surface area contributed by atoms with Gasteiger partial charge in [0.05, 0.1) is 10.8 Å². The summed E-state index contributed by atoms with van der Waals surface area (Å²) in [5.41, 5.74) is 1.23. The topological polar surface area (TPSA) is 29.1 Å². The second-order valence-corrected chi connectivity index (χ2v) is 7.47. The predicted molar refractivity (Wildman–Crippen MR) is 86.5 cm³/mol. The van der Waals surface area contributed by atoms with Crippen molar-refractivity contribution in [1.82, 2.24) is 5.32 Å². The lowest BCUT2D eigenvalue weighted by Gasteiger charge is -2.20.